The Hall–Kier alpha value is -0.545. The van der Waals surface area contributed by atoms with E-state index < -0.39 is 11.5 Å². The lowest BCUT2D eigenvalue weighted by molar-refractivity contribution is -0.147. The van der Waals surface area contributed by atoms with E-state index in [2.05, 4.69) is 18.7 Å². The number of likely N-dealkylation sites (tertiary alicyclic amines) is 1. The molecule has 2 radical (unpaired) electrons. The van der Waals surface area contributed by atoms with Crippen molar-refractivity contribution < 1.29 is 9.90 Å². The molecule has 2 aliphatic rings. The van der Waals surface area contributed by atoms with Gasteiger partial charge in [-0.15, -0.1) is 0 Å². The third-order valence-corrected chi connectivity index (χ3v) is 6.53. The SMILES string of the molecule is [B]CCCCC(N)(C(=O)O)C1CCN(C2CCC(C)(C)CC2)CC1. The molecule has 0 aromatic heterocycles. The Balaban J connectivity index is 1.87. The van der Waals surface area contributed by atoms with Gasteiger partial charge in [0.1, 0.15) is 5.54 Å². The molecule has 3 N–H and O–H groups in total. The second-order valence-electron chi connectivity index (χ2n) is 8.80. The van der Waals surface area contributed by atoms with Crippen molar-refractivity contribution >= 4 is 13.8 Å². The number of nitrogens with zero attached hydrogens (tertiary/aromatic N) is 1. The first kappa shape index (κ1) is 19.8. The van der Waals surface area contributed by atoms with E-state index in [0.717, 1.165) is 38.8 Å². The van der Waals surface area contributed by atoms with Crippen molar-refractivity contribution in [2.45, 2.75) is 89.5 Å². The van der Waals surface area contributed by atoms with E-state index in [1.54, 1.807) is 0 Å². The predicted molar refractivity (Wildman–Crippen MR) is 99.3 cm³/mol. The summed E-state index contributed by atoms with van der Waals surface area (Å²) < 4.78 is 0. The zero-order valence-corrected chi connectivity index (χ0v) is 15.6. The standard InChI is InChI=1S/C19H35BN2O2/c1-18(2)10-5-16(6-11-18)22-13-7-15(8-14-22)19(21,17(23)24)9-3-4-12-20/h15-16H,3-14,21H2,1-2H3,(H,23,24). The summed E-state index contributed by atoms with van der Waals surface area (Å²) in [6.07, 6.45) is 9.77. The number of aliphatic carboxylic acids is 1. The molecule has 1 heterocycles. The maximum Gasteiger partial charge on any atom is 0.323 e. The molecule has 0 amide bonds. The summed E-state index contributed by atoms with van der Waals surface area (Å²) in [6.45, 7) is 6.73. The Morgan fingerprint density at radius 3 is 2.29 bits per heavy atom. The van der Waals surface area contributed by atoms with E-state index in [4.69, 9.17) is 13.6 Å². The van der Waals surface area contributed by atoms with Gasteiger partial charge < -0.3 is 15.7 Å². The largest absolute Gasteiger partial charge is 0.480 e. The average Bonchev–Trinajstić information content (AvgIpc) is 2.55. The fraction of sp³-hybridized carbons (Fsp3) is 0.947. The Bertz CT molecular complexity index is 412. The van der Waals surface area contributed by atoms with Crippen LogP contribution in [0.15, 0.2) is 0 Å². The third kappa shape index (κ3) is 4.75. The summed E-state index contributed by atoms with van der Waals surface area (Å²) in [5, 5.41) is 9.69. The van der Waals surface area contributed by atoms with Gasteiger partial charge in [-0.2, -0.15) is 0 Å². The molecule has 0 aromatic carbocycles. The summed E-state index contributed by atoms with van der Waals surface area (Å²) >= 11 is 0. The van der Waals surface area contributed by atoms with Crippen LogP contribution in [0.1, 0.15) is 71.6 Å². The van der Waals surface area contributed by atoms with Gasteiger partial charge in [0.05, 0.1) is 7.85 Å². The highest BCUT2D eigenvalue weighted by atomic mass is 16.4. The molecule has 0 spiro atoms. The van der Waals surface area contributed by atoms with Crippen LogP contribution in [0.5, 0.6) is 0 Å². The molecule has 2 rings (SSSR count). The summed E-state index contributed by atoms with van der Waals surface area (Å²) in [5.41, 5.74) is 5.78. The van der Waals surface area contributed by atoms with Crippen LogP contribution in [0.4, 0.5) is 0 Å². The van der Waals surface area contributed by atoms with E-state index >= 15 is 0 Å². The van der Waals surface area contributed by atoms with Crippen LogP contribution in [0.2, 0.25) is 6.32 Å². The van der Waals surface area contributed by atoms with Crippen LogP contribution in [-0.2, 0) is 4.79 Å². The Kier molecular flexibility index (Phi) is 6.78. The summed E-state index contributed by atoms with van der Waals surface area (Å²) in [6, 6.07) is 0.688. The zero-order valence-electron chi connectivity index (χ0n) is 15.6. The van der Waals surface area contributed by atoms with Crippen molar-refractivity contribution in [2.75, 3.05) is 13.1 Å². The topological polar surface area (TPSA) is 66.6 Å². The molecule has 2 fully saturated rings. The highest BCUT2D eigenvalue weighted by Gasteiger charge is 2.43. The van der Waals surface area contributed by atoms with Crippen molar-refractivity contribution in [1.82, 2.24) is 4.90 Å². The minimum absolute atomic E-state index is 0.0871. The second kappa shape index (κ2) is 8.22. The molecule has 5 heteroatoms. The van der Waals surface area contributed by atoms with Gasteiger partial charge in [0, 0.05) is 6.04 Å². The van der Waals surface area contributed by atoms with Crippen molar-refractivity contribution in [3.05, 3.63) is 0 Å². The minimum Gasteiger partial charge on any atom is -0.480 e. The lowest BCUT2D eigenvalue weighted by Gasteiger charge is -2.45. The molecule has 1 saturated heterocycles. The molecule has 0 bridgehead atoms. The van der Waals surface area contributed by atoms with Gasteiger partial charge in [-0.25, -0.2) is 0 Å². The quantitative estimate of drug-likeness (QED) is 0.554. The maximum atomic E-state index is 11.8. The summed E-state index contributed by atoms with van der Waals surface area (Å²) in [5.74, 6) is -0.749. The van der Waals surface area contributed by atoms with Gasteiger partial charge in [-0.1, -0.05) is 33.0 Å². The molecule has 24 heavy (non-hydrogen) atoms. The van der Waals surface area contributed by atoms with Gasteiger partial charge in [0.15, 0.2) is 0 Å². The Labute approximate surface area is 149 Å². The van der Waals surface area contributed by atoms with Crippen molar-refractivity contribution in [3.8, 4) is 0 Å². The first-order valence-corrected chi connectivity index (χ1v) is 9.75. The highest BCUT2D eigenvalue weighted by Crippen LogP contribution is 2.39. The monoisotopic (exact) mass is 334 g/mol. The number of carboxylic acid groups (broad SMARTS) is 1. The molecular weight excluding hydrogens is 299 g/mol. The number of unbranched alkanes of at least 4 members (excludes halogenated alkanes) is 1. The number of rotatable bonds is 7. The Morgan fingerprint density at radius 2 is 1.79 bits per heavy atom. The van der Waals surface area contributed by atoms with Crippen LogP contribution >= 0.6 is 0 Å². The first-order chi connectivity index (χ1) is 11.3. The molecule has 1 atom stereocenters. The van der Waals surface area contributed by atoms with E-state index in [0.29, 0.717) is 24.2 Å². The molecule has 1 aliphatic carbocycles. The van der Waals surface area contributed by atoms with Gasteiger partial charge >= 0.3 is 5.97 Å². The van der Waals surface area contributed by atoms with Gasteiger partial charge in [0.2, 0.25) is 0 Å². The second-order valence-corrected chi connectivity index (χ2v) is 8.80. The van der Waals surface area contributed by atoms with Crippen LogP contribution in [0, 0.1) is 11.3 Å². The fourth-order valence-electron chi connectivity index (χ4n) is 4.58. The fourth-order valence-corrected chi connectivity index (χ4v) is 4.58. The van der Waals surface area contributed by atoms with E-state index in [9.17, 15) is 9.90 Å². The smallest absolute Gasteiger partial charge is 0.323 e. The lowest BCUT2D eigenvalue weighted by Crippen LogP contribution is -2.57. The predicted octanol–water partition coefficient (Wildman–Crippen LogP) is 3.21. The molecule has 1 unspecified atom stereocenters. The number of piperidine rings is 1. The maximum absolute atomic E-state index is 11.8. The number of nitrogens with two attached hydrogens (primary N) is 1. The minimum atomic E-state index is -1.07. The number of hydrogen-bond acceptors (Lipinski definition) is 3. The van der Waals surface area contributed by atoms with Gasteiger partial charge in [-0.05, 0) is 69.4 Å². The molecule has 4 nitrogen and oxygen atoms in total. The van der Waals surface area contributed by atoms with Crippen LogP contribution in [0.3, 0.4) is 0 Å². The third-order valence-electron chi connectivity index (χ3n) is 6.53. The van der Waals surface area contributed by atoms with Crippen molar-refractivity contribution in [1.29, 1.82) is 0 Å². The summed E-state index contributed by atoms with van der Waals surface area (Å²) in [7, 11) is 5.54. The molecule has 0 aromatic rings. The number of carboxylic acids is 1. The van der Waals surface area contributed by atoms with E-state index in [1.807, 2.05) is 0 Å². The molecular formula is C19H35BN2O2. The van der Waals surface area contributed by atoms with Gasteiger partial charge in [-0.3, -0.25) is 4.79 Å². The Morgan fingerprint density at radius 1 is 1.21 bits per heavy atom. The average molecular weight is 334 g/mol. The van der Waals surface area contributed by atoms with Crippen LogP contribution in [0.25, 0.3) is 0 Å². The van der Waals surface area contributed by atoms with Crippen LogP contribution in [-0.4, -0.2) is 48.5 Å². The van der Waals surface area contributed by atoms with E-state index in [1.165, 1.54) is 25.7 Å². The molecule has 136 valence electrons. The van der Waals surface area contributed by atoms with Gasteiger partial charge in [0.25, 0.3) is 0 Å². The summed E-state index contributed by atoms with van der Waals surface area (Å²) in [4.78, 5) is 14.4. The lowest BCUT2D eigenvalue weighted by atomic mass is 9.73. The number of carbonyl (C=O) groups is 1. The van der Waals surface area contributed by atoms with Crippen molar-refractivity contribution in [3.63, 3.8) is 0 Å². The normalized spacial score (nSPS) is 26.1. The zero-order chi connectivity index (χ0) is 17.8. The first-order valence-electron chi connectivity index (χ1n) is 9.75. The highest BCUT2D eigenvalue weighted by molar-refractivity contribution is 6.08. The van der Waals surface area contributed by atoms with Crippen molar-refractivity contribution in [2.24, 2.45) is 17.1 Å². The van der Waals surface area contributed by atoms with Crippen LogP contribution < -0.4 is 5.73 Å². The molecule has 1 aliphatic heterocycles. The number of hydrogen-bond donors (Lipinski definition) is 2. The molecule has 1 saturated carbocycles. The van der Waals surface area contributed by atoms with E-state index in [-0.39, 0.29) is 5.92 Å².